The van der Waals surface area contributed by atoms with Gasteiger partial charge in [-0.15, -0.1) is 11.3 Å². The van der Waals surface area contributed by atoms with Crippen LogP contribution in [0.25, 0.3) is 5.69 Å². The lowest BCUT2D eigenvalue weighted by atomic mass is 10.1. The van der Waals surface area contributed by atoms with Crippen LogP contribution in [-0.2, 0) is 11.2 Å². The number of carbonyl (C=O) groups excluding carboxylic acids is 2. The molecule has 0 unspecified atom stereocenters. The first-order valence-corrected chi connectivity index (χ1v) is 8.48. The summed E-state index contributed by atoms with van der Waals surface area (Å²) in [5, 5.41) is 1.84. The van der Waals surface area contributed by atoms with Gasteiger partial charge in [0.05, 0.1) is 19.2 Å². The van der Waals surface area contributed by atoms with Crippen molar-refractivity contribution in [2.24, 2.45) is 0 Å². The average molecular weight is 355 g/mol. The van der Waals surface area contributed by atoms with Crippen molar-refractivity contribution in [1.82, 2.24) is 15.4 Å². The molecule has 0 fully saturated rings. The maximum absolute atomic E-state index is 12.3. The lowest BCUT2D eigenvalue weighted by molar-refractivity contribution is -0.121. The Morgan fingerprint density at radius 2 is 1.80 bits per heavy atom. The zero-order chi connectivity index (χ0) is 17.6. The minimum atomic E-state index is -0.346. The zero-order valence-electron chi connectivity index (χ0n) is 13.6. The van der Waals surface area contributed by atoms with Crippen LogP contribution in [0.5, 0.6) is 5.75 Å². The van der Waals surface area contributed by atoms with Crippen molar-refractivity contribution in [2.75, 3.05) is 7.11 Å². The van der Waals surface area contributed by atoms with Gasteiger partial charge in [-0.05, 0) is 41.3 Å². The van der Waals surface area contributed by atoms with E-state index in [1.165, 1.54) is 11.3 Å². The molecule has 0 aliphatic heterocycles. The van der Waals surface area contributed by atoms with Gasteiger partial charge < -0.3 is 9.30 Å². The van der Waals surface area contributed by atoms with Gasteiger partial charge in [0, 0.05) is 12.4 Å². The van der Waals surface area contributed by atoms with E-state index in [0.29, 0.717) is 4.88 Å². The second-order valence-electron chi connectivity index (χ2n) is 5.25. The number of ether oxygens (including phenoxy) is 1. The van der Waals surface area contributed by atoms with Gasteiger partial charge in [-0.25, -0.2) is 0 Å². The molecule has 0 bridgehead atoms. The molecule has 25 heavy (non-hydrogen) atoms. The Bertz CT molecular complexity index is 854. The Kier molecular flexibility index (Phi) is 5.15. The van der Waals surface area contributed by atoms with Gasteiger partial charge in [-0.1, -0.05) is 12.1 Å². The standard InChI is InChI=1S/C18H17N3O3S/c1-24-14-6-4-13(5-7-14)12-16(22)19-20-18(23)17-15(8-11-25-17)21-9-2-3-10-21/h2-11H,12H2,1H3,(H,19,22)(H,20,23). The van der Waals surface area contributed by atoms with Gasteiger partial charge >= 0.3 is 0 Å². The number of hydrazine groups is 1. The molecule has 2 heterocycles. The van der Waals surface area contributed by atoms with E-state index in [4.69, 9.17) is 4.74 Å². The molecule has 7 heteroatoms. The third-order valence-electron chi connectivity index (χ3n) is 3.57. The molecule has 3 aromatic rings. The van der Waals surface area contributed by atoms with Gasteiger partial charge in [0.2, 0.25) is 5.91 Å². The number of hydrogen-bond donors (Lipinski definition) is 2. The molecule has 0 aliphatic carbocycles. The summed E-state index contributed by atoms with van der Waals surface area (Å²) in [5.74, 6) is 0.0899. The molecule has 0 spiro atoms. The minimum Gasteiger partial charge on any atom is -0.497 e. The number of methoxy groups -OCH3 is 1. The first-order chi connectivity index (χ1) is 12.2. The van der Waals surface area contributed by atoms with E-state index in [1.807, 2.05) is 52.7 Å². The number of rotatable bonds is 5. The highest BCUT2D eigenvalue weighted by molar-refractivity contribution is 7.12. The summed E-state index contributed by atoms with van der Waals surface area (Å²) in [6, 6.07) is 12.8. The summed E-state index contributed by atoms with van der Waals surface area (Å²) >= 11 is 1.32. The van der Waals surface area contributed by atoms with E-state index in [9.17, 15) is 9.59 Å². The van der Waals surface area contributed by atoms with Crippen LogP contribution >= 0.6 is 11.3 Å². The van der Waals surface area contributed by atoms with Crippen LogP contribution in [0, 0.1) is 0 Å². The van der Waals surface area contributed by atoms with Gasteiger partial charge in [0.15, 0.2) is 0 Å². The maximum atomic E-state index is 12.3. The third kappa shape index (κ3) is 4.07. The summed E-state index contributed by atoms with van der Waals surface area (Å²) in [6.45, 7) is 0. The number of amides is 2. The Labute approximate surface area is 149 Å². The van der Waals surface area contributed by atoms with E-state index in [-0.39, 0.29) is 18.2 Å². The number of thiophene rings is 1. The predicted molar refractivity (Wildman–Crippen MR) is 96.0 cm³/mol. The van der Waals surface area contributed by atoms with Crippen LogP contribution in [0.1, 0.15) is 15.2 Å². The molecule has 0 saturated carbocycles. The van der Waals surface area contributed by atoms with Crippen molar-refractivity contribution < 1.29 is 14.3 Å². The number of hydrogen-bond acceptors (Lipinski definition) is 4. The third-order valence-corrected chi connectivity index (χ3v) is 4.47. The summed E-state index contributed by atoms with van der Waals surface area (Å²) in [7, 11) is 1.59. The monoisotopic (exact) mass is 355 g/mol. The van der Waals surface area contributed by atoms with Crippen molar-refractivity contribution in [2.45, 2.75) is 6.42 Å². The van der Waals surface area contributed by atoms with Crippen molar-refractivity contribution in [1.29, 1.82) is 0 Å². The maximum Gasteiger partial charge on any atom is 0.281 e. The topological polar surface area (TPSA) is 72.4 Å². The van der Waals surface area contributed by atoms with Crippen LogP contribution < -0.4 is 15.6 Å². The van der Waals surface area contributed by atoms with Crippen LogP contribution in [0.2, 0.25) is 0 Å². The van der Waals surface area contributed by atoms with Crippen LogP contribution in [0.3, 0.4) is 0 Å². The number of benzene rings is 1. The Hall–Kier alpha value is -3.06. The lowest BCUT2D eigenvalue weighted by Gasteiger charge is -2.09. The zero-order valence-corrected chi connectivity index (χ0v) is 14.4. The predicted octanol–water partition coefficient (Wildman–Crippen LogP) is 2.55. The molecule has 128 valence electrons. The highest BCUT2D eigenvalue weighted by atomic mass is 32.1. The van der Waals surface area contributed by atoms with Crippen molar-refractivity contribution in [3.05, 3.63) is 70.7 Å². The normalized spacial score (nSPS) is 10.3. The molecule has 6 nitrogen and oxygen atoms in total. The van der Waals surface area contributed by atoms with E-state index in [0.717, 1.165) is 17.0 Å². The van der Waals surface area contributed by atoms with Crippen molar-refractivity contribution in [3.8, 4) is 11.4 Å². The molecular formula is C18H17N3O3S. The first-order valence-electron chi connectivity index (χ1n) is 7.60. The summed E-state index contributed by atoms with van der Waals surface area (Å²) < 4.78 is 6.93. The average Bonchev–Trinajstić information content (AvgIpc) is 3.31. The lowest BCUT2D eigenvalue weighted by Crippen LogP contribution is -2.42. The minimum absolute atomic E-state index is 0.166. The quantitative estimate of drug-likeness (QED) is 0.691. The molecule has 0 saturated heterocycles. The van der Waals surface area contributed by atoms with E-state index < -0.39 is 0 Å². The van der Waals surface area contributed by atoms with Gasteiger partial charge in [-0.2, -0.15) is 0 Å². The number of carbonyl (C=O) groups is 2. The van der Waals surface area contributed by atoms with Crippen molar-refractivity contribution >= 4 is 23.2 Å². The van der Waals surface area contributed by atoms with Gasteiger partial charge in [0.25, 0.3) is 5.91 Å². The van der Waals surface area contributed by atoms with Crippen LogP contribution in [0.4, 0.5) is 0 Å². The molecule has 0 radical (unpaired) electrons. The summed E-state index contributed by atoms with van der Waals surface area (Å²) in [5.41, 5.74) is 6.52. The molecule has 2 amide bonds. The first kappa shape index (κ1) is 16.8. The molecular weight excluding hydrogens is 338 g/mol. The number of nitrogens with zero attached hydrogens (tertiary/aromatic N) is 1. The highest BCUT2D eigenvalue weighted by Crippen LogP contribution is 2.21. The second kappa shape index (κ2) is 7.67. The van der Waals surface area contributed by atoms with Gasteiger partial charge in [0.1, 0.15) is 10.6 Å². The van der Waals surface area contributed by atoms with E-state index in [2.05, 4.69) is 10.9 Å². The summed E-state index contributed by atoms with van der Waals surface area (Å²) in [4.78, 5) is 24.8. The molecule has 3 rings (SSSR count). The van der Waals surface area contributed by atoms with Gasteiger partial charge in [-0.3, -0.25) is 20.4 Å². The van der Waals surface area contributed by atoms with E-state index >= 15 is 0 Å². The molecule has 1 aromatic carbocycles. The fourth-order valence-corrected chi connectivity index (χ4v) is 3.11. The molecule has 0 aliphatic rings. The van der Waals surface area contributed by atoms with Crippen LogP contribution in [0.15, 0.2) is 60.2 Å². The Morgan fingerprint density at radius 1 is 1.08 bits per heavy atom. The van der Waals surface area contributed by atoms with Crippen LogP contribution in [-0.4, -0.2) is 23.5 Å². The smallest absolute Gasteiger partial charge is 0.281 e. The second-order valence-corrected chi connectivity index (χ2v) is 6.17. The number of nitrogens with one attached hydrogen (secondary N) is 2. The Balaban J connectivity index is 1.57. The largest absolute Gasteiger partial charge is 0.497 e. The summed E-state index contributed by atoms with van der Waals surface area (Å²) in [6.07, 6.45) is 3.89. The highest BCUT2D eigenvalue weighted by Gasteiger charge is 2.15. The van der Waals surface area contributed by atoms with E-state index in [1.54, 1.807) is 19.2 Å². The fourth-order valence-electron chi connectivity index (χ4n) is 2.33. The SMILES string of the molecule is COc1ccc(CC(=O)NNC(=O)c2sccc2-n2cccc2)cc1. The fraction of sp³-hybridized carbons (Fsp3) is 0.111. The molecule has 2 N–H and O–H groups in total. The Morgan fingerprint density at radius 3 is 2.48 bits per heavy atom. The molecule has 2 aromatic heterocycles. The molecule has 0 atom stereocenters. The van der Waals surface area contributed by atoms with Crippen molar-refractivity contribution in [3.63, 3.8) is 0 Å². The number of aromatic nitrogens is 1.